The van der Waals surface area contributed by atoms with Gasteiger partial charge in [-0.05, 0) is 32.7 Å². The summed E-state index contributed by atoms with van der Waals surface area (Å²) in [5, 5.41) is 3.37. The lowest BCUT2D eigenvalue weighted by Gasteiger charge is -2.29. The number of hydrogen-bond acceptors (Lipinski definition) is 4. The van der Waals surface area contributed by atoms with Gasteiger partial charge in [-0.15, -0.1) is 0 Å². The highest BCUT2D eigenvalue weighted by atomic mass is 16.5. The van der Waals surface area contributed by atoms with E-state index < -0.39 is 0 Å². The van der Waals surface area contributed by atoms with Crippen LogP contribution in [0.15, 0.2) is 0 Å². The Kier molecular flexibility index (Phi) is 5.71. The molecular weight excluding hydrogens is 216 g/mol. The van der Waals surface area contributed by atoms with Gasteiger partial charge in [-0.3, -0.25) is 0 Å². The summed E-state index contributed by atoms with van der Waals surface area (Å²) in [7, 11) is 2.19. The molecular formula is C13H26N2O2. The summed E-state index contributed by atoms with van der Waals surface area (Å²) in [6.07, 6.45) is 5.77. The summed E-state index contributed by atoms with van der Waals surface area (Å²) in [4.78, 5) is 2.38. The molecule has 2 atom stereocenters. The molecule has 0 aromatic heterocycles. The molecule has 2 heterocycles. The average Bonchev–Trinajstić information content (AvgIpc) is 2.39. The van der Waals surface area contributed by atoms with E-state index in [1.54, 1.807) is 0 Å². The molecule has 2 saturated heterocycles. The molecule has 2 rings (SSSR count). The quantitative estimate of drug-likeness (QED) is 0.775. The predicted octanol–water partition coefficient (Wildman–Crippen LogP) is 0.866. The molecule has 0 radical (unpaired) electrons. The van der Waals surface area contributed by atoms with Crippen LogP contribution >= 0.6 is 0 Å². The van der Waals surface area contributed by atoms with Crippen molar-refractivity contribution in [1.82, 2.24) is 10.2 Å². The van der Waals surface area contributed by atoms with Crippen molar-refractivity contribution in [2.45, 2.75) is 37.9 Å². The summed E-state index contributed by atoms with van der Waals surface area (Å²) in [6, 6.07) is 0. The van der Waals surface area contributed by atoms with Gasteiger partial charge >= 0.3 is 0 Å². The van der Waals surface area contributed by atoms with Crippen LogP contribution in [0.5, 0.6) is 0 Å². The van der Waals surface area contributed by atoms with E-state index in [-0.39, 0.29) is 0 Å². The molecule has 2 aliphatic heterocycles. The van der Waals surface area contributed by atoms with Crippen molar-refractivity contribution in [3.05, 3.63) is 0 Å². The maximum absolute atomic E-state index is 5.76. The summed E-state index contributed by atoms with van der Waals surface area (Å²) in [6.45, 7) is 6.00. The molecule has 0 aromatic carbocycles. The summed E-state index contributed by atoms with van der Waals surface area (Å²) in [5.41, 5.74) is 0. The number of hydrogen-bond donors (Lipinski definition) is 1. The number of rotatable bonds is 5. The van der Waals surface area contributed by atoms with Crippen LogP contribution in [0.3, 0.4) is 0 Å². The Morgan fingerprint density at radius 3 is 2.76 bits per heavy atom. The van der Waals surface area contributed by atoms with E-state index in [4.69, 9.17) is 9.47 Å². The van der Waals surface area contributed by atoms with E-state index >= 15 is 0 Å². The normalized spacial score (nSPS) is 30.7. The standard InChI is InChI=1S/C13H26N2O2/c1-15(11-13-4-2-3-8-16-13)7-5-12-10-14-6-9-17-12/h12-14H,2-11H2,1H3. The first-order valence-electron chi connectivity index (χ1n) is 6.97. The molecule has 1 N–H and O–H groups in total. The first-order valence-corrected chi connectivity index (χ1v) is 6.97. The van der Waals surface area contributed by atoms with Crippen molar-refractivity contribution in [3.63, 3.8) is 0 Å². The Balaban J connectivity index is 1.57. The second-order valence-electron chi connectivity index (χ2n) is 5.24. The average molecular weight is 242 g/mol. The topological polar surface area (TPSA) is 33.7 Å². The second kappa shape index (κ2) is 7.31. The third kappa shape index (κ3) is 4.92. The Labute approximate surface area is 105 Å². The highest BCUT2D eigenvalue weighted by Crippen LogP contribution is 2.13. The van der Waals surface area contributed by atoms with Crippen LogP contribution in [-0.4, -0.2) is 63.5 Å². The smallest absolute Gasteiger partial charge is 0.0712 e. The maximum Gasteiger partial charge on any atom is 0.0712 e. The number of morpholine rings is 1. The lowest BCUT2D eigenvalue weighted by Crippen LogP contribution is -2.41. The minimum Gasteiger partial charge on any atom is -0.377 e. The zero-order valence-electron chi connectivity index (χ0n) is 11.0. The molecule has 2 fully saturated rings. The van der Waals surface area contributed by atoms with Crippen LogP contribution in [0.2, 0.25) is 0 Å². The van der Waals surface area contributed by atoms with Crippen LogP contribution < -0.4 is 5.32 Å². The Morgan fingerprint density at radius 2 is 2.06 bits per heavy atom. The minimum atomic E-state index is 0.401. The fraction of sp³-hybridized carbons (Fsp3) is 1.00. The van der Waals surface area contributed by atoms with Gasteiger partial charge in [-0.25, -0.2) is 0 Å². The maximum atomic E-state index is 5.76. The fourth-order valence-electron chi connectivity index (χ4n) is 2.56. The molecule has 0 amide bonds. The van der Waals surface area contributed by atoms with Gasteiger partial charge in [0.25, 0.3) is 0 Å². The van der Waals surface area contributed by atoms with E-state index in [0.717, 1.165) is 45.8 Å². The molecule has 0 bridgehead atoms. The van der Waals surface area contributed by atoms with Crippen molar-refractivity contribution < 1.29 is 9.47 Å². The molecule has 2 unspecified atom stereocenters. The van der Waals surface area contributed by atoms with Gasteiger partial charge in [-0.1, -0.05) is 0 Å². The Hall–Kier alpha value is -0.160. The first kappa shape index (κ1) is 13.3. The van der Waals surface area contributed by atoms with E-state index in [0.29, 0.717) is 12.2 Å². The Bertz CT molecular complexity index is 202. The largest absolute Gasteiger partial charge is 0.377 e. The molecule has 0 saturated carbocycles. The van der Waals surface area contributed by atoms with Crippen LogP contribution in [0, 0.1) is 0 Å². The van der Waals surface area contributed by atoms with Gasteiger partial charge < -0.3 is 19.7 Å². The molecule has 4 heteroatoms. The van der Waals surface area contributed by atoms with Crippen LogP contribution in [-0.2, 0) is 9.47 Å². The Morgan fingerprint density at radius 1 is 1.18 bits per heavy atom. The highest BCUT2D eigenvalue weighted by molar-refractivity contribution is 4.71. The molecule has 0 aliphatic carbocycles. The van der Waals surface area contributed by atoms with Crippen molar-refractivity contribution in [2.24, 2.45) is 0 Å². The number of ether oxygens (including phenoxy) is 2. The van der Waals surface area contributed by atoms with E-state index in [1.807, 2.05) is 0 Å². The van der Waals surface area contributed by atoms with Gasteiger partial charge in [0.2, 0.25) is 0 Å². The molecule has 4 nitrogen and oxygen atoms in total. The zero-order chi connectivity index (χ0) is 11.9. The molecule has 17 heavy (non-hydrogen) atoms. The van der Waals surface area contributed by atoms with Gasteiger partial charge in [0.05, 0.1) is 18.8 Å². The lowest BCUT2D eigenvalue weighted by atomic mass is 10.1. The van der Waals surface area contributed by atoms with E-state index in [2.05, 4.69) is 17.3 Å². The zero-order valence-corrected chi connectivity index (χ0v) is 11.0. The summed E-state index contributed by atoms with van der Waals surface area (Å²) in [5.74, 6) is 0. The van der Waals surface area contributed by atoms with Crippen molar-refractivity contribution in [3.8, 4) is 0 Å². The SMILES string of the molecule is CN(CCC1CNCCO1)CC1CCCCO1. The van der Waals surface area contributed by atoms with E-state index in [1.165, 1.54) is 19.3 Å². The lowest BCUT2D eigenvalue weighted by molar-refractivity contribution is -0.00961. The third-order valence-corrected chi connectivity index (χ3v) is 3.63. The molecule has 0 spiro atoms. The third-order valence-electron chi connectivity index (χ3n) is 3.63. The highest BCUT2D eigenvalue weighted by Gasteiger charge is 2.17. The number of likely N-dealkylation sites (N-methyl/N-ethyl adjacent to an activating group) is 1. The van der Waals surface area contributed by atoms with Gasteiger partial charge in [0, 0.05) is 32.8 Å². The van der Waals surface area contributed by atoms with Gasteiger partial charge in [0.1, 0.15) is 0 Å². The molecule has 2 aliphatic rings. The molecule has 0 aromatic rings. The second-order valence-corrected chi connectivity index (χ2v) is 5.24. The predicted molar refractivity (Wildman–Crippen MR) is 68.3 cm³/mol. The summed E-state index contributed by atoms with van der Waals surface area (Å²) >= 11 is 0. The van der Waals surface area contributed by atoms with Crippen molar-refractivity contribution in [1.29, 1.82) is 0 Å². The summed E-state index contributed by atoms with van der Waals surface area (Å²) < 4.78 is 11.5. The van der Waals surface area contributed by atoms with Crippen LogP contribution in [0.4, 0.5) is 0 Å². The van der Waals surface area contributed by atoms with Crippen LogP contribution in [0.1, 0.15) is 25.7 Å². The molecule has 100 valence electrons. The fourth-order valence-corrected chi connectivity index (χ4v) is 2.56. The van der Waals surface area contributed by atoms with Crippen molar-refractivity contribution >= 4 is 0 Å². The van der Waals surface area contributed by atoms with Gasteiger partial charge in [0.15, 0.2) is 0 Å². The first-order chi connectivity index (χ1) is 8.34. The van der Waals surface area contributed by atoms with Crippen molar-refractivity contribution in [2.75, 3.05) is 46.4 Å². The van der Waals surface area contributed by atoms with Crippen LogP contribution in [0.25, 0.3) is 0 Å². The number of nitrogens with one attached hydrogen (secondary N) is 1. The van der Waals surface area contributed by atoms with E-state index in [9.17, 15) is 0 Å². The van der Waals surface area contributed by atoms with Gasteiger partial charge in [-0.2, -0.15) is 0 Å². The monoisotopic (exact) mass is 242 g/mol. The number of nitrogens with zero attached hydrogens (tertiary/aromatic N) is 1. The minimum absolute atomic E-state index is 0.401.